The Hall–Kier alpha value is -0.720. The minimum Gasteiger partial charge on any atom is -0.211 e. The van der Waals surface area contributed by atoms with E-state index in [1.165, 1.54) is 28.6 Å². The Balaban J connectivity index is 2.29. The van der Waals surface area contributed by atoms with Crippen molar-refractivity contribution in [1.29, 1.82) is 0 Å². The largest absolute Gasteiger partial charge is 0.243 e. The first-order chi connectivity index (χ1) is 9.45. The van der Waals surface area contributed by atoms with Gasteiger partial charge in [-0.25, -0.2) is 18.2 Å². The van der Waals surface area contributed by atoms with Gasteiger partial charge in [0.1, 0.15) is 0 Å². The molecule has 0 N–H and O–H groups in total. The smallest absolute Gasteiger partial charge is 0.211 e. The third-order valence-electron chi connectivity index (χ3n) is 3.12. The SMILES string of the molecule is O=C=NC1CCCN(S(=O)(=O)c2ccc(Cl)c(Br)c2)C1. The summed E-state index contributed by atoms with van der Waals surface area (Å²) in [6.07, 6.45) is 2.86. The first-order valence-corrected chi connectivity index (χ1v) is 8.58. The molecular formula is C12H12BrClN2O3S. The van der Waals surface area contributed by atoms with E-state index >= 15 is 0 Å². The van der Waals surface area contributed by atoms with Crippen LogP contribution in [0.25, 0.3) is 0 Å². The minimum absolute atomic E-state index is 0.171. The van der Waals surface area contributed by atoms with Crippen LogP contribution >= 0.6 is 27.5 Å². The molecule has 1 atom stereocenters. The maximum absolute atomic E-state index is 12.5. The van der Waals surface area contributed by atoms with Crippen LogP contribution in [0.3, 0.4) is 0 Å². The van der Waals surface area contributed by atoms with E-state index in [0.29, 0.717) is 28.9 Å². The second-order valence-corrected chi connectivity index (χ2v) is 7.65. The van der Waals surface area contributed by atoms with Crippen molar-refractivity contribution in [3.63, 3.8) is 0 Å². The molecule has 108 valence electrons. The number of sulfonamides is 1. The predicted molar refractivity (Wildman–Crippen MR) is 79.1 cm³/mol. The average Bonchev–Trinajstić information content (AvgIpc) is 2.42. The van der Waals surface area contributed by atoms with Gasteiger partial charge in [0.2, 0.25) is 16.1 Å². The van der Waals surface area contributed by atoms with Crippen molar-refractivity contribution in [1.82, 2.24) is 4.31 Å². The van der Waals surface area contributed by atoms with Crippen LogP contribution < -0.4 is 0 Å². The van der Waals surface area contributed by atoms with Crippen LogP contribution in [0.15, 0.2) is 32.6 Å². The second kappa shape index (κ2) is 6.37. The molecule has 0 bridgehead atoms. The topological polar surface area (TPSA) is 66.8 Å². The fraction of sp³-hybridized carbons (Fsp3) is 0.417. The van der Waals surface area contributed by atoms with Gasteiger partial charge in [-0.3, -0.25) is 0 Å². The summed E-state index contributed by atoms with van der Waals surface area (Å²) in [4.78, 5) is 14.1. The average molecular weight is 380 g/mol. The zero-order valence-corrected chi connectivity index (χ0v) is 13.6. The number of halogens is 2. The maximum atomic E-state index is 12.5. The molecular weight excluding hydrogens is 368 g/mol. The standard InChI is InChI=1S/C12H12BrClN2O3S/c13-11-6-10(3-4-12(11)14)20(18,19)16-5-1-2-9(7-16)15-8-17/h3-4,6,9H,1-2,5,7H2. The highest BCUT2D eigenvalue weighted by molar-refractivity contribution is 9.10. The Kier molecular flexibility index (Phi) is 4.99. The molecule has 0 aliphatic carbocycles. The summed E-state index contributed by atoms with van der Waals surface area (Å²) in [5.41, 5.74) is 0. The second-order valence-electron chi connectivity index (χ2n) is 4.46. The molecule has 1 unspecified atom stereocenters. The van der Waals surface area contributed by atoms with Gasteiger partial charge in [-0.1, -0.05) is 11.6 Å². The van der Waals surface area contributed by atoms with Crippen LogP contribution in [0.4, 0.5) is 0 Å². The summed E-state index contributed by atoms with van der Waals surface area (Å²) in [6.45, 7) is 0.630. The number of hydrogen-bond acceptors (Lipinski definition) is 4. The molecule has 0 radical (unpaired) electrons. The van der Waals surface area contributed by atoms with Crippen molar-refractivity contribution in [3.8, 4) is 0 Å². The van der Waals surface area contributed by atoms with E-state index in [1.54, 1.807) is 0 Å². The molecule has 20 heavy (non-hydrogen) atoms. The van der Waals surface area contributed by atoms with Gasteiger partial charge in [-0.2, -0.15) is 4.31 Å². The van der Waals surface area contributed by atoms with Gasteiger partial charge in [0.05, 0.1) is 16.0 Å². The van der Waals surface area contributed by atoms with E-state index in [-0.39, 0.29) is 17.5 Å². The summed E-state index contributed by atoms with van der Waals surface area (Å²) in [7, 11) is -3.60. The molecule has 2 rings (SSSR count). The molecule has 8 heteroatoms. The number of aliphatic imine (C=N–C) groups is 1. The zero-order valence-electron chi connectivity index (χ0n) is 10.4. The lowest BCUT2D eigenvalue weighted by Gasteiger charge is -2.29. The van der Waals surface area contributed by atoms with Gasteiger partial charge < -0.3 is 0 Å². The van der Waals surface area contributed by atoms with Crippen molar-refractivity contribution in [2.75, 3.05) is 13.1 Å². The number of carbonyl (C=O) groups excluding carboxylic acids is 1. The van der Waals surface area contributed by atoms with Gasteiger partial charge >= 0.3 is 0 Å². The molecule has 5 nitrogen and oxygen atoms in total. The Labute approximate surface area is 130 Å². The van der Waals surface area contributed by atoms with E-state index in [4.69, 9.17) is 11.6 Å². The van der Waals surface area contributed by atoms with Gasteiger partial charge in [-0.05, 0) is 47.0 Å². The van der Waals surface area contributed by atoms with E-state index < -0.39 is 10.0 Å². The van der Waals surface area contributed by atoms with Gasteiger partial charge in [0.25, 0.3) is 0 Å². The normalized spacial score (nSPS) is 20.4. The molecule has 1 heterocycles. The molecule has 1 aliphatic heterocycles. The first-order valence-electron chi connectivity index (χ1n) is 5.97. The number of rotatable bonds is 3. The Morgan fingerprint density at radius 2 is 2.20 bits per heavy atom. The van der Waals surface area contributed by atoms with E-state index in [9.17, 15) is 13.2 Å². The third kappa shape index (κ3) is 3.30. The minimum atomic E-state index is -3.60. The lowest BCUT2D eigenvalue weighted by atomic mass is 10.1. The lowest BCUT2D eigenvalue weighted by Crippen LogP contribution is -2.41. The van der Waals surface area contributed by atoms with Crippen LogP contribution in [0.5, 0.6) is 0 Å². The number of hydrogen-bond donors (Lipinski definition) is 0. The van der Waals surface area contributed by atoms with Gasteiger partial charge in [0, 0.05) is 17.6 Å². The van der Waals surface area contributed by atoms with Gasteiger partial charge in [-0.15, -0.1) is 0 Å². The number of nitrogens with zero attached hydrogens (tertiary/aromatic N) is 2. The number of isocyanates is 1. The van der Waals surface area contributed by atoms with Crippen LogP contribution in [-0.4, -0.2) is 37.9 Å². The molecule has 0 saturated carbocycles. The Morgan fingerprint density at radius 1 is 1.45 bits per heavy atom. The van der Waals surface area contributed by atoms with Crippen molar-refractivity contribution in [2.24, 2.45) is 4.99 Å². The van der Waals surface area contributed by atoms with E-state index in [0.717, 1.165) is 0 Å². The highest BCUT2D eigenvalue weighted by Crippen LogP contribution is 2.28. The monoisotopic (exact) mass is 378 g/mol. The van der Waals surface area contributed by atoms with Crippen molar-refractivity contribution in [2.45, 2.75) is 23.8 Å². The quantitative estimate of drug-likeness (QED) is 0.599. The molecule has 0 amide bonds. The van der Waals surface area contributed by atoms with Crippen molar-refractivity contribution >= 4 is 43.6 Å². The van der Waals surface area contributed by atoms with Crippen molar-refractivity contribution < 1.29 is 13.2 Å². The molecule has 1 aliphatic rings. The first kappa shape index (κ1) is 15.7. The summed E-state index contributed by atoms with van der Waals surface area (Å²) >= 11 is 9.08. The molecule has 0 aromatic heterocycles. The Morgan fingerprint density at radius 3 is 2.85 bits per heavy atom. The zero-order chi connectivity index (χ0) is 14.8. The predicted octanol–water partition coefficient (Wildman–Crippen LogP) is 2.59. The lowest BCUT2D eigenvalue weighted by molar-refractivity contribution is 0.316. The number of benzene rings is 1. The molecule has 1 aromatic carbocycles. The summed E-state index contributed by atoms with van der Waals surface area (Å²) in [5, 5.41) is 0.450. The molecule has 0 spiro atoms. The molecule has 1 saturated heterocycles. The fourth-order valence-electron chi connectivity index (χ4n) is 2.11. The van der Waals surface area contributed by atoms with Crippen LogP contribution in [0.1, 0.15) is 12.8 Å². The molecule has 1 aromatic rings. The van der Waals surface area contributed by atoms with Gasteiger partial charge in [0.15, 0.2) is 0 Å². The summed E-state index contributed by atoms with van der Waals surface area (Å²) in [5.74, 6) is 0. The Bertz CT molecular complexity index is 659. The van der Waals surface area contributed by atoms with E-state index in [1.807, 2.05) is 0 Å². The highest BCUT2D eigenvalue weighted by Gasteiger charge is 2.30. The maximum Gasteiger partial charge on any atom is 0.243 e. The highest BCUT2D eigenvalue weighted by atomic mass is 79.9. The molecule has 1 fully saturated rings. The van der Waals surface area contributed by atoms with Crippen LogP contribution in [0.2, 0.25) is 5.02 Å². The summed E-state index contributed by atoms with van der Waals surface area (Å²) in [6, 6.07) is 4.16. The van der Waals surface area contributed by atoms with Crippen LogP contribution in [0, 0.1) is 0 Å². The fourth-order valence-corrected chi connectivity index (χ4v) is 4.30. The number of piperidine rings is 1. The van der Waals surface area contributed by atoms with Crippen molar-refractivity contribution in [3.05, 3.63) is 27.7 Å². The van der Waals surface area contributed by atoms with E-state index in [2.05, 4.69) is 20.9 Å². The third-order valence-corrected chi connectivity index (χ3v) is 6.20. The summed E-state index contributed by atoms with van der Waals surface area (Å²) < 4.78 is 26.9. The van der Waals surface area contributed by atoms with Crippen LogP contribution in [-0.2, 0) is 14.8 Å².